The molecule has 2 unspecified atom stereocenters. The van der Waals surface area contributed by atoms with Crippen LogP contribution in [0.1, 0.15) is 29.2 Å². The molecule has 0 bridgehead atoms. The van der Waals surface area contributed by atoms with Crippen molar-refractivity contribution in [2.75, 3.05) is 5.32 Å². The van der Waals surface area contributed by atoms with Crippen molar-refractivity contribution in [1.82, 2.24) is 9.78 Å². The molecular formula is C21H19Cl2N3O. The summed E-state index contributed by atoms with van der Waals surface area (Å²) in [7, 11) is 0. The lowest BCUT2D eigenvalue weighted by Crippen LogP contribution is -2.15. The summed E-state index contributed by atoms with van der Waals surface area (Å²) >= 11 is 12.5. The average molecular weight is 400 g/mol. The fraction of sp³-hybridized carbons (Fsp3) is 0.238. The number of carbonyl (C=O) groups is 1. The van der Waals surface area contributed by atoms with Crippen molar-refractivity contribution in [2.45, 2.75) is 25.8 Å². The topological polar surface area (TPSA) is 46.9 Å². The van der Waals surface area contributed by atoms with Gasteiger partial charge in [0.2, 0.25) is 5.91 Å². The van der Waals surface area contributed by atoms with Crippen molar-refractivity contribution in [3.63, 3.8) is 0 Å². The second kappa shape index (κ2) is 7.37. The largest absolute Gasteiger partial charge is 0.309 e. The van der Waals surface area contributed by atoms with Crippen LogP contribution in [-0.2, 0) is 11.3 Å². The van der Waals surface area contributed by atoms with Gasteiger partial charge in [0.25, 0.3) is 0 Å². The Morgan fingerprint density at radius 1 is 1.15 bits per heavy atom. The van der Waals surface area contributed by atoms with Gasteiger partial charge < -0.3 is 5.32 Å². The van der Waals surface area contributed by atoms with Gasteiger partial charge >= 0.3 is 0 Å². The summed E-state index contributed by atoms with van der Waals surface area (Å²) in [5.74, 6) is 0.885. The standard InChI is InChI=1S/C21H19Cl2N3O/c1-13-10-20(25-26(13)12-17-18(22)8-5-9-19(17)23)24-21(27)16-11-15(16)14-6-3-2-4-7-14/h2-10,15-16H,11-12H2,1H3,(H,24,25,27). The SMILES string of the molecule is Cc1cc(NC(=O)C2CC2c2ccccc2)nn1Cc1c(Cl)cccc1Cl. The zero-order valence-corrected chi connectivity index (χ0v) is 16.3. The van der Waals surface area contributed by atoms with Gasteiger partial charge in [0.15, 0.2) is 5.82 Å². The Kier molecular flexibility index (Phi) is 4.94. The number of halogens is 2. The lowest BCUT2D eigenvalue weighted by molar-refractivity contribution is -0.117. The first-order chi connectivity index (χ1) is 13.0. The highest BCUT2D eigenvalue weighted by molar-refractivity contribution is 6.35. The predicted octanol–water partition coefficient (Wildman–Crippen LogP) is 5.29. The molecule has 1 aliphatic carbocycles. The summed E-state index contributed by atoms with van der Waals surface area (Å²) in [5.41, 5.74) is 2.96. The Hall–Kier alpha value is -2.30. The Bertz CT molecular complexity index is 964. The number of carbonyl (C=O) groups excluding carboxylic acids is 1. The number of hydrogen-bond donors (Lipinski definition) is 1. The maximum Gasteiger partial charge on any atom is 0.229 e. The van der Waals surface area contributed by atoms with E-state index in [2.05, 4.69) is 22.5 Å². The van der Waals surface area contributed by atoms with E-state index in [1.54, 1.807) is 16.8 Å². The fourth-order valence-corrected chi connectivity index (χ4v) is 3.85. The number of nitrogens with one attached hydrogen (secondary N) is 1. The minimum absolute atomic E-state index is 0.0101. The first-order valence-electron chi connectivity index (χ1n) is 8.86. The predicted molar refractivity (Wildman–Crippen MR) is 108 cm³/mol. The first kappa shape index (κ1) is 18.1. The normalized spacial score (nSPS) is 18.3. The Morgan fingerprint density at radius 2 is 1.85 bits per heavy atom. The number of hydrogen-bond acceptors (Lipinski definition) is 2. The summed E-state index contributed by atoms with van der Waals surface area (Å²) in [5, 5.41) is 8.65. The molecule has 0 radical (unpaired) electrons. The summed E-state index contributed by atoms with van der Waals surface area (Å²) in [6, 6.07) is 17.4. The van der Waals surface area contributed by atoms with Gasteiger partial charge in [-0.05, 0) is 37.0 Å². The van der Waals surface area contributed by atoms with E-state index in [9.17, 15) is 4.79 Å². The molecule has 4 rings (SSSR count). The molecule has 2 atom stereocenters. The molecule has 0 saturated heterocycles. The van der Waals surface area contributed by atoms with E-state index < -0.39 is 0 Å². The molecular weight excluding hydrogens is 381 g/mol. The fourth-order valence-electron chi connectivity index (χ4n) is 3.34. The van der Waals surface area contributed by atoms with Gasteiger partial charge in [-0.1, -0.05) is 59.6 Å². The molecule has 1 N–H and O–H groups in total. The minimum Gasteiger partial charge on any atom is -0.309 e. The smallest absolute Gasteiger partial charge is 0.229 e. The van der Waals surface area contributed by atoms with Crippen LogP contribution in [0.25, 0.3) is 0 Å². The first-order valence-corrected chi connectivity index (χ1v) is 9.61. The Morgan fingerprint density at radius 3 is 2.56 bits per heavy atom. The molecule has 4 nitrogen and oxygen atoms in total. The van der Waals surface area contributed by atoms with Gasteiger partial charge in [-0.3, -0.25) is 9.48 Å². The summed E-state index contributed by atoms with van der Waals surface area (Å²) < 4.78 is 1.80. The third-order valence-corrected chi connectivity index (χ3v) is 5.67. The highest BCUT2D eigenvalue weighted by atomic mass is 35.5. The van der Waals surface area contributed by atoms with E-state index in [-0.39, 0.29) is 11.8 Å². The van der Waals surface area contributed by atoms with Crippen molar-refractivity contribution in [1.29, 1.82) is 0 Å². The second-order valence-electron chi connectivity index (χ2n) is 6.88. The van der Waals surface area contributed by atoms with Gasteiger partial charge in [-0.15, -0.1) is 0 Å². The summed E-state index contributed by atoms with van der Waals surface area (Å²) in [6.45, 7) is 2.40. The van der Waals surface area contributed by atoms with E-state index in [1.807, 2.05) is 37.3 Å². The van der Waals surface area contributed by atoms with E-state index in [4.69, 9.17) is 23.2 Å². The molecule has 138 valence electrons. The van der Waals surface area contributed by atoms with Crippen LogP contribution in [0.5, 0.6) is 0 Å². The van der Waals surface area contributed by atoms with E-state index in [1.165, 1.54) is 5.56 Å². The highest BCUT2D eigenvalue weighted by Crippen LogP contribution is 2.47. The third-order valence-electron chi connectivity index (χ3n) is 4.96. The van der Waals surface area contributed by atoms with Crippen molar-refractivity contribution in [3.05, 3.63) is 81.5 Å². The van der Waals surface area contributed by atoms with Crippen LogP contribution in [0.2, 0.25) is 10.0 Å². The highest BCUT2D eigenvalue weighted by Gasteiger charge is 2.44. The van der Waals surface area contributed by atoms with Crippen molar-refractivity contribution < 1.29 is 4.79 Å². The van der Waals surface area contributed by atoms with Crippen LogP contribution in [0.4, 0.5) is 5.82 Å². The van der Waals surface area contributed by atoms with Crippen LogP contribution in [0, 0.1) is 12.8 Å². The van der Waals surface area contributed by atoms with Gasteiger partial charge in [0.1, 0.15) is 0 Å². The molecule has 6 heteroatoms. The monoisotopic (exact) mass is 399 g/mol. The molecule has 1 heterocycles. The maximum absolute atomic E-state index is 12.5. The van der Waals surface area contributed by atoms with Crippen molar-refractivity contribution in [3.8, 4) is 0 Å². The number of benzene rings is 2. The number of amides is 1. The molecule has 1 aliphatic rings. The van der Waals surface area contributed by atoms with Crippen molar-refractivity contribution in [2.24, 2.45) is 5.92 Å². The van der Waals surface area contributed by atoms with Crippen LogP contribution in [0.3, 0.4) is 0 Å². The quantitative estimate of drug-likeness (QED) is 0.633. The molecule has 0 aliphatic heterocycles. The maximum atomic E-state index is 12.5. The molecule has 1 aromatic heterocycles. The van der Waals surface area contributed by atoms with Gasteiger partial charge in [-0.25, -0.2) is 0 Å². The van der Waals surface area contributed by atoms with E-state index in [0.717, 1.165) is 17.7 Å². The van der Waals surface area contributed by atoms with Crippen LogP contribution in [-0.4, -0.2) is 15.7 Å². The van der Waals surface area contributed by atoms with E-state index in [0.29, 0.717) is 28.3 Å². The van der Waals surface area contributed by atoms with Crippen LogP contribution >= 0.6 is 23.2 Å². The number of nitrogens with zero attached hydrogens (tertiary/aromatic N) is 2. The number of aromatic nitrogens is 2. The van der Waals surface area contributed by atoms with Crippen molar-refractivity contribution >= 4 is 34.9 Å². The molecule has 1 saturated carbocycles. The average Bonchev–Trinajstić information content (AvgIpc) is 3.38. The van der Waals surface area contributed by atoms with Gasteiger partial charge in [-0.2, -0.15) is 5.10 Å². The molecule has 27 heavy (non-hydrogen) atoms. The van der Waals surface area contributed by atoms with Gasteiger partial charge in [0.05, 0.1) is 6.54 Å². The molecule has 1 amide bonds. The molecule has 3 aromatic rings. The molecule has 0 spiro atoms. The number of anilines is 1. The Balaban J connectivity index is 1.44. The Labute approximate surface area is 168 Å². The zero-order valence-electron chi connectivity index (χ0n) is 14.8. The second-order valence-corrected chi connectivity index (χ2v) is 7.69. The minimum atomic E-state index is 0.0101. The molecule has 1 fully saturated rings. The summed E-state index contributed by atoms with van der Waals surface area (Å²) in [4.78, 5) is 12.5. The van der Waals surface area contributed by atoms with E-state index >= 15 is 0 Å². The number of rotatable bonds is 5. The number of aryl methyl sites for hydroxylation is 1. The van der Waals surface area contributed by atoms with Gasteiger partial charge in [0, 0.05) is 33.3 Å². The lowest BCUT2D eigenvalue weighted by Gasteiger charge is -2.08. The molecule has 2 aromatic carbocycles. The van der Waals surface area contributed by atoms with Crippen LogP contribution < -0.4 is 5.32 Å². The lowest BCUT2D eigenvalue weighted by atomic mass is 10.1. The summed E-state index contributed by atoms with van der Waals surface area (Å²) in [6.07, 6.45) is 0.880. The zero-order chi connectivity index (χ0) is 19.0. The van der Waals surface area contributed by atoms with Crippen LogP contribution in [0.15, 0.2) is 54.6 Å². The third kappa shape index (κ3) is 3.87.